The van der Waals surface area contributed by atoms with Gasteiger partial charge in [0.05, 0.1) is 5.39 Å². The summed E-state index contributed by atoms with van der Waals surface area (Å²) < 4.78 is 8.82. The molecule has 2 heterocycles. The Balaban J connectivity index is 1.78. The molecule has 0 aliphatic rings. The van der Waals surface area contributed by atoms with Crippen LogP contribution in [0.25, 0.3) is 42.3 Å². The van der Waals surface area contributed by atoms with Crippen molar-refractivity contribution in [3.63, 3.8) is 0 Å². The van der Waals surface area contributed by atoms with Crippen LogP contribution in [0.15, 0.2) is 69.9 Å². The van der Waals surface area contributed by atoms with E-state index < -0.39 is 0 Å². The zero-order chi connectivity index (χ0) is 22.2. The van der Waals surface area contributed by atoms with E-state index in [9.17, 15) is 4.79 Å². The van der Waals surface area contributed by atoms with Crippen LogP contribution in [0.1, 0.15) is 26.7 Å². The highest BCUT2D eigenvalue weighted by Gasteiger charge is 2.17. The van der Waals surface area contributed by atoms with E-state index in [1.54, 1.807) is 17.4 Å². The number of benzene rings is 3. The predicted molar refractivity (Wildman–Crippen MR) is 138 cm³/mol. The van der Waals surface area contributed by atoms with Gasteiger partial charge >= 0.3 is 0 Å². The summed E-state index contributed by atoms with van der Waals surface area (Å²) in [5, 5.41) is 2.94. The summed E-state index contributed by atoms with van der Waals surface area (Å²) in [6.45, 7) is 6.00. The molecule has 0 bridgehead atoms. The Morgan fingerprint density at radius 3 is 2.34 bits per heavy atom. The van der Waals surface area contributed by atoms with Crippen molar-refractivity contribution in [3.8, 4) is 11.1 Å². The molecule has 5 rings (SSSR count). The summed E-state index contributed by atoms with van der Waals surface area (Å²) in [6, 6.07) is 19.8. The van der Waals surface area contributed by atoms with Crippen LogP contribution in [0.4, 0.5) is 11.6 Å². The number of hydrogen-bond acceptors (Lipinski definition) is 5. The largest absolute Gasteiger partial charge is 0.440 e. The molecule has 5 aromatic rings. The zero-order valence-corrected chi connectivity index (χ0v) is 19.2. The standard InChI is InChI=1S/C27H26N2O2S/c1-3-13-29(14-4-2)25-16-23(30)21-10-5-7-18(26(21)31-25)19-8-6-9-20-22-15-17(28)11-12-24(22)32-27(19)20/h5-12,15-16H,3-4,13-14,28H2,1-2H3. The molecule has 0 atom stereocenters. The third-order valence-electron chi connectivity index (χ3n) is 5.85. The van der Waals surface area contributed by atoms with E-state index in [4.69, 9.17) is 10.2 Å². The maximum Gasteiger partial charge on any atom is 0.200 e. The molecule has 0 unspecified atom stereocenters. The Kier molecular flexibility index (Phi) is 5.35. The third-order valence-corrected chi connectivity index (χ3v) is 7.07. The van der Waals surface area contributed by atoms with Crippen LogP contribution in [0.5, 0.6) is 0 Å². The van der Waals surface area contributed by atoms with E-state index >= 15 is 0 Å². The van der Waals surface area contributed by atoms with Crippen molar-refractivity contribution in [2.75, 3.05) is 23.7 Å². The van der Waals surface area contributed by atoms with Gasteiger partial charge in [0.15, 0.2) is 11.3 Å². The van der Waals surface area contributed by atoms with E-state index in [1.165, 1.54) is 14.8 Å². The molecule has 4 nitrogen and oxygen atoms in total. The van der Waals surface area contributed by atoms with Gasteiger partial charge in [0.2, 0.25) is 0 Å². The topological polar surface area (TPSA) is 59.5 Å². The summed E-state index contributed by atoms with van der Waals surface area (Å²) in [7, 11) is 0. The van der Waals surface area contributed by atoms with Crippen LogP contribution in [-0.2, 0) is 0 Å². The number of nitrogens with zero attached hydrogens (tertiary/aromatic N) is 1. The number of fused-ring (bicyclic) bond motifs is 4. The van der Waals surface area contributed by atoms with Crippen LogP contribution < -0.4 is 16.1 Å². The Morgan fingerprint density at radius 1 is 0.875 bits per heavy atom. The Labute approximate surface area is 190 Å². The number of nitrogen functional groups attached to an aromatic ring is 1. The normalized spacial score (nSPS) is 11.6. The Hall–Kier alpha value is -3.31. The molecular weight excluding hydrogens is 416 g/mol. The van der Waals surface area contributed by atoms with Gasteiger partial charge in [-0.05, 0) is 37.1 Å². The van der Waals surface area contributed by atoms with Crippen molar-refractivity contribution in [1.82, 2.24) is 0 Å². The molecular formula is C27H26N2O2S. The highest BCUT2D eigenvalue weighted by atomic mass is 32.1. The number of para-hydroxylation sites is 1. The van der Waals surface area contributed by atoms with Crippen molar-refractivity contribution in [2.45, 2.75) is 26.7 Å². The smallest absolute Gasteiger partial charge is 0.200 e. The number of thiophene rings is 1. The minimum absolute atomic E-state index is 0.00315. The van der Waals surface area contributed by atoms with Gasteiger partial charge < -0.3 is 15.1 Å². The molecule has 0 spiro atoms. The van der Waals surface area contributed by atoms with Crippen LogP contribution >= 0.6 is 11.3 Å². The monoisotopic (exact) mass is 442 g/mol. The fourth-order valence-corrected chi connectivity index (χ4v) is 5.64. The number of nitrogens with two attached hydrogens (primary N) is 1. The number of anilines is 2. The molecule has 0 fully saturated rings. The highest BCUT2D eigenvalue weighted by Crippen LogP contribution is 2.42. The van der Waals surface area contributed by atoms with Crippen LogP contribution in [0.3, 0.4) is 0 Å². The lowest BCUT2D eigenvalue weighted by atomic mass is 10.0. The van der Waals surface area contributed by atoms with Crippen molar-refractivity contribution < 1.29 is 4.42 Å². The van der Waals surface area contributed by atoms with Crippen LogP contribution in [-0.4, -0.2) is 13.1 Å². The molecule has 0 radical (unpaired) electrons. The van der Waals surface area contributed by atoms with Gasteiger partial charge in [-0.2, -0.15) is 0 Å². The summed E-state index contributed by atoms with van der Waals surface area (Å²) >= 11 is 1.75. The average Bonchev–Trinajstić information content (AvgIpc) is 3.16. The van der Waals surface area contributed by atoms with Crippen molar-refractivity contribution in [2.24, 2.45) is 0 Å². The molecule has 0 saturated carbocycles. The first-order valence-corrected chi connectivity index (χ1v) is 11.9. The minimum atomic E-state index is -0.00315. The molecule has 162 valence electrons. The van der Waals surface area contributed by atoms with E-state index in [0.717, 1.165) is 48.1 Å². The molecule has 0 saturated heterocycles. The summed E-state index contributed by atoms with van der Waals surface area (Å²) in [5.74, 6) is 0.648. The number of rotatable bonds is 6. The number of hydrogen-bond donors (Lipinski definition) is 1. The second-order valence-electron chi connectivity index (χ2n) is 8.16. The van der Waals surface area contributed by atoms with Gasteiger partial charge in [0.25, 0.3) is 0 Å². The molecule has 2 aromatic heterocycles. The summed E-state index contributed by atoms with van der Waals surface area (Å²) in [6.07, 6.45) is 1.99. The Morgan fingerprint density at radius 2 is 1.59 bits per heavy atom. The van der Waals surface area contributed by atoms with Crippen LogP contribution in [0.2, 0.25) is 0 Å². The SMILES string of the molecule is CCCN(CCC)c1cc(=O)c2cccc(-c3cccc4c3sc3ccc(N)cc34)c2o1. The molecule has 3 aromatic carbocycles. The summed E-state index contributed by atoms with van der Waals surface area (Å²) in [5.41, 5.74) is 9.48. The highest BCUT2D eigenvalue weighted by molar-refractivity contribution is 7.26. The molecule has 0 aliphatic heterocycles. The lowest BCUT2D eigenvalue weighted by Crippen LogP contribution is -2.25. The molecule has 32 heavy (non-hydrogen) atoms. The molecule has 5 heteroatoms. The van der Waals surface area contributed by atoms with Crippen LogP contribution in [0, 0.1) is 0 Å². The maximum absolute atomic E-state index is 13.0. The lowest BCUT2D eigenvalue weighted by molar-refractivity contribution is 0.564. The second-order valence-corrected chi connectivity index (χ2v) is 9.21. The quantitative estimate of drug-likeness (QED) is 0.287. The van der Waals surface area contributed by atoms with Crippen molar-refractivity contribution in [3.05, 3.63) is 70.9 Å². The average molecular weight is 443 g/mol. The van der Waals surface area contributed by atoms with E-state index in [-0.39, 0.29) is 5.43 Å². The third kappa shape index (κ3) is 3.43. The fourth-order valence-electron chi connectivity index (χ4n) is 4.43. The maximum atomic E-state index is 13.0. The van der Waals surface area contributed by atoms with E-state index in [0.29, 0.717) is 16.9 Å². The first-order chi connectivity index (χ1) is 15.6. The molecule has 0 amide bonds. The Bertz CT molecular complexity index is 1490. The second kappa shape index (κ2) is 8.32. The lowest BCUT2D eigenvalue weighted by Gasteiger charge is -2.22. The predicted octanol–water partition coefficient (Wildman–Crippen LogP) is 7.04. The van der Waals surface area contributed by atoms with Gasteiger partial charge in [-0.1, -0.05) is 44.2 Å². The van der Waals surface area contributed by atoms with Gasteiger partial charge in [0.1, 0.15) is 5.58 Å². The minimum Gasteiger partial charge on any atom is -0.440 e. The first-order valence-electron chi connectivity index (χ1n) is 11.1. The van der Waals surface area contributed by atoms with Gasteiger partial charge in [-0.25, -0.2) is 0 Å². The zero-order valence-electron chi connectivity index (χ0n) is 18.4. The van der Waals surface area contributed by atoms with E-state index in [2.05, 4.69) is 43.0 Å². The first kappa shape index (κ1) is 20.6. The fraction of sp³-hybridized carbons (Fsp3) is 0.222. The van der Waals surface area contributed by atoms with E-state index in [1.807, 2.05) is 30.3 Å². The van der Waals surface area contributed by atoms with Gasteiger partial charge in [-0.3, -0.25) is 4.79 Å². The summed E-state index contributed by atoms with van der Waals surface area (Å²) in [4.78, 5) is 15.2. The van der Waals surface area contributed by atoms with Gasteiger partial charge in [-0.15, -0.1) is 11.3 Å². The van der Waals surface area contributed by atoms with Gasteiger partial charge in [0, 0.05) is 56.1 Å². The molecule has 2 N–H and O–H groups in total. The van der Waals surface area contributed by atoms with Crippen molar-refractivity contribution in [1.29, 1.82) is 0 Å². The van der Waals surface area contributed by atoms with Crippen molar-refractivity contribution >= 4 is 54.0 Å². The molecule has 0 aliphatic carbocycles.